The van der Waals surface area contributed by atoms with E-state index >= 15 is 0 Å². The Morgan fingerprint density at radius 1 is 0.552 bits per heavy atom. The Labute approximate surface area is 352 Å². The molecule has 2 spiro atoms. The van der Waals surface area contributed by atoms with Gasteiger partial charge in [-0.05, 0) is 86.8 Å². The van der Waals surface area contributed by atoms with Crippen molar-refractivity contribution in [1.29, 1.82) is 0 Å². The van der Waals surface area contributed by atoms with E-state index in [9.17, 15) is 26.4 Å². The molecule has 2 aliphatic carbocycles. The third-order valence-electron chi connectivity index (χ3n) is 12.4. The lowest BCUT2D eigenvalue weighted by Crippen LogP contribution is -2.68. The van der Waals surface area contributed by atoms with Gasteiger partial charge in [-0.3, -0.25) is 9.59 Å². The normalized spacial score (nSPS) is 20.7. The van der Waals surface area contributed by atoms with E-state index in [2.05, 4.69) is 34.9 Å². The minimum Gasteiger partial charge on any atom is -0.356 e. The predicted octanol–water partition coefficient (Wildman–Crippen LogP) is 6.98. The highest BCUT2D eigenvalue weighted by Crippen LogP contribution is 2.55. The summed E-state index contributed by atoms with van der Waals surface area (Å²) >= 11 is 12.2. The molecular formula is C44H50Cl2N4O6S2. The van der Waals surface area contributed by atoms with Gasteiger partial charge in [0.25, 0.3) is 0 Å². The van der Waals surface area contributed by atoms with Gasteiger partial charge in [-0.25, -0.2) is 16.8 Å². The van der Waals surface area contributed by atoms with Crippen LogP contribution in [0.5, 0.6) is 0 Å². The van der Waals surface area contributed by atoms with Crippen LogP contribution in [0.25, 0.3) is 0 Å². The first kappa shape index (κ1) is 42.3. The van der Waals surface area contributed by atoms with Crippen LogP contribution in [0.1, 0.15) is 49.7 Å². The first-order chi connectivity index (χ1) is 27.8. The second-order valence-electron chi connectivity index (χ2n) is 16.1. The standard InChI is InChI=1S/2C22H25ClN2O3S/c2*23-19-10-4-5-11-20(19)29(27,28)25-15-22(16-25)13-12-18(22)21(26)24-14-6-9-17-7-2-1-3-8-17/h2*1-5,7-8,10-11,18H,6,9,12-16H2,(H,24,26)/t2*18-/m10/s1. The SMILES string of the molecule is O=C(NCCCc1ccccc1)[C@@H]1CCC12CN(S(=O)(=O)c1ccccc1Cl)C2.O=C(NCCCc1ccccc1)[C@H]1CCC12CN(S(=O)(=O)c1ccccc1Cl)C2. The van der Waals surface area contributed by atoms with E-state index in [-0.39, 0.29) is 54.3 Å². The van der Waals surface area contributed by atoms with Gasteiger partial charge in [0.2, 0.25) is 31.9 Å². The van der Waals surface area contributed by atoms with Crippen molar-refractivity contribution >= 4 is 55.1 Å². The Hall–Kier alpha value is -3.78. The summed E-state index contributed by atoms with van der Waals surface area (Å²) in [5.41, 5.74) is 2.11. The maximum absolute atomic E-state index is 12.8. The molecule has 4 aliphatic rings. The Morgan fingerprint density at radius 3 is 1.22 bits per heavy atom. The van der Waals surface area contributed by atoms with Crippen LogP contribution in [0.15, 0.2) is 119 Å². The third kappa shape index (κ3) is 8.88. The molecule has 2 aliphatic heterocycles. The lowest BCUT2D eigenvalue weighted by molar-refractivity contribution is -0.147. The van der Waals surface area contributed by atoms with Gasteiger partial charge >= 0.3 is 0 Å². The molecule has 0 radical (unpaired) electrons. The molecule has 4 aromatic carbocycles. The quantitative estimate of drug-likeness (QED) is 0.132. The largest absolute Gasteiger partial charge is 0.356 e. The number of carbonyl (C=O) groups excluding carboxylic acids is 2. The monoisotopic (exact) mass is 864 g/mol. The van der Waals surface area contributed by atoms with Crippen molar-refractivity contribution in [2.24, 2.45) is 22.7 Å². The number of rotatable bonds is 14. The van der Waals surface area contributed by atoms with E-state index in [1.54, 1.807) is 36.4 Å². The summed E-state index contributed by atoms with van der Waals surface area (Å²) in [6.07, 6.45) is 7.08. The van der Waals surface area contributed by atoms with Crippen LogP contribution >= 0.6 is 23.2 Å². The minimum absolute atomic E-state index is 0.0547. The van der Waals surface area contributed by atoms with Gasteiger partial charge in [-0.15, -0.1) is 0 Å². The highest BCUT2D eigenvalue weighted by atomic mass is 35.5. The molecule has 8 rings (SSSR count). The molecule has 308 valence electrons. The van der Waals surface area contributed by atoms with E-state index < -0.39 is 20.0 Å². The summed E-state index contributed by atoms with van der Waals surface area (Å²) in [4.78, 5) is 25.5. The molecule has 2 amide bonds. The molecule has 14 heteroatoms. The molecule has 4 fully saturated rings. The van der Waals surface area contributed by atoms with E-state index in [1.165, 1.54) is 31.9 Å². The molecule has 4 aromatic rings. The van der Waals surface area contributed by atoms with E-state index in [0.29, 0.717) is 39.3 Å². The molecule has 2 saturated carbocycles. The number of carbonyl (C=O) groups is 2. The highest BCUT2D eigenvalue weighted by molar-refractivity contribution is 7.89. The fourth-order valence-electron chi connectivity index (χ4n) is 8.75. The predicted molar refractivity (Wildman–Crippen MR) is 226 cm³/mol. The van der Waals surface area contributed by atoms with E-state index in [4.69, 9.17) is 23.2 Å². The molecule has 2 atom stereocenters. The number of hydrogen-bond acceptors (Lipinski definition) is 6. The van der Waals surface area contributed by atoms with Crippen molar-refractivity contribution < 1.29 is 26.4 Å². The van der Waals surface area contributed by atoms with Crippen LogP contribution in [0.3, 0.4) is 0 Å². The van der Waals surface area contributed by atoms with Crippen LogP contribution in [0.2, 0.25) is 10.0 Å². The first-order valence-corrected chi connectivity index (χ1v) is 23.6. The number of sulfonamides is 2. The topological polar surface area (TPSA) is 133 Å². The van der Waals surface area contributed by atoms with Crippen LogP contribution in [-0.2, 0) is 42.5 Å². The lowest BCUT2D eigenvalue weighted by atomic mass is 9.56. The van der Waals surface area contributed by atoms with Gasteiger partial charge < -0.3 is 10.6 Å². The molecular weight excluding hydrogens is 816 g/mol. The molecule has 0 bridgehead atoms. The molecule has 0 unspecified atom stereocenters. The van der Waals surface area contributed by atoms with Crippen LogP contribution in [0.4, 0.5) is 0 Å². The van der Waals surface area contributed by atoms with E-state index in [1.807, 2.05) is 36.4 Å². The van der Waals surface area contributed by atoms with Crippen molar-refractivity contribution in [2.75, 3.05) is 39.3 Å². The van der Waals surface area contributed by atoms with Gasteiger partial charge in [0.05, 0.1) is 10.0 Å². The Balaban J connectivity index is 0.000000177. The van der Waals surface area contributed by atoms with E-state index in [0.717, 1.165) is 51.4 Å². The Kier molecular flexibility index (Phi) is 13.0. The number of nitrogens with one attached hydrogen (secondary N) is 2. The fraction of sp³-hybridized carbons (Fsp3) is 0.409. The molecule has 2 saturated heterocycles. The smallest absolute Gasteiger partial charge is 0.244 e. The maximum atomic E-state index is 12.8. The summed E-state index contributed by atoms with van der Waals surface area (Å²) < 4.78 is 54.2. The Morgan fingerprint density at radius 2 is 0.897 bits per heavy atom. The zero-order chi connectivity index (χ0) is 41.0. The third-order valence-corrected chi connectivity index (χ3v) is 17.0. The summed E-state index contributed by atoms with van der Waals surface area (Å²) in [6.45, 7) is 2.85. The molecule has 10 nitrogen and oxygen atoms in total. The zero-order valence-corrected chi connectivity index (χ0v) is 35.5. The summed E-state index contributed by atoms with van der Waals surface area (Å²) in [7, 11) is -7.22. The summed E-state index contributed by atoms with van der Waals surface area (Å²) in [5.74, 6) is -0.0907. The molecule has 2 heterocycles. The average Bonchev–Trinajstić information content (AvgIpc) is 3.14. The second kappa shape index (κ2) is 17.8. The first-order valence-electron chi connectivity index (χ1n) is 20.0. The van der Waals surface area contributed by atoms with Crippen LogP contribution < -0.4 is 10.6 Å². The highest BCUT2D eigenvalue weighted by Gasteiger charge is 2.61. The average molecular weight is 866 g/mol. The van der Waals surface area contributed by atoms with Crippen LogP contribution in [-0.4, -0.2) is 76.5 Å². The summed E-state index contributed by atoms with van der Waals surface area (Å²) in [5, 5.41) is 6.55. The lowest BCUT2D eigenvalue weighted by Gasteiger charge is -2.59. The minimum atomic E-state index is -3.61. The molecule has 0 aromatic heterocycles. The molecule has 2 N–H and O–H groups in total. The van der Waals surface area contributed by atoms with Gasteiger partial charge in [0, 0.05) is 61.9 Å². The van der Waals surface area contributed by atoms with Gasteiger partial charge in [-0.2, -0.15) is 8.61 Å². The fourth-order valence-corrected chi connectivity index (χ4v) is 13.0. The van der Waals surface area contributed by atoms with Crippen molar-refractivity contribution in [3.8, 4) is 0 Å². The number of halogens is 2. The maximum Gasteiger partial charge on any atom is 0.244 e. The van der Waals surface area contributed by atoms with Crippen molar-refractivity contribution in [3.05, 3.63) is 130 Å². The van der Waals surface area contributed by atoms with Crippen molar-refractivity contribution in [2.45, 2.75) is 61.2 Å². The number of aryl methyl sites for hydroxylation is 2. The Bertz CT molecular complexity index is 2140. The van der Waals surface area contributed by atoms with Gasteiger partial charge in [0.1, 0.15) is 9.79 Å². The number of amides is 2. The molecule has 58 heavy (non-hydrogen) atoms. The zero-order valence-electron chi connectivity index (χ0n) is 32.4. The number of nitrogens with zero attached hydrogens (tertiary/aromatic N) is 2. The van der Waals surface area contributed by atoms with Crippen LogP contribution in [0, 0.1) is 22.7 Å². The van der Waals surface area contributed by atoms with Gasteiger partial charge in [0.15, 0.2) is 0 Å². The van der Waals surface area contributed by atoms with Gasteiger partial charge in [-0.1, -0.05) is 108 Å². The van der Waals surface area contributed by atoms with Crippen molar-refractivity contribution in [3.63, 3.8) is 0 Å². The number of benzene rings is 4. The summed E-state index contributed by atoms with van der Waals surface area (Å²) in [6, 6.07) is 33.4. The van der Waals surface area contributed by atoms with Crippen molar-refractivity contribution in [1.82, 2.24) is 19.2 Å². The second-order valence-corrected chi connectivity index (χ2v) is 20.7. The number of hydrogen-bond donors (Lipinski definition) is 2.